The van der Waals surface area contributed by atoms with Gasteiger partial charge in [-0.15, -0.1) is 0 Å². The molecule has 2 aromatic rings. The van der Waals surface area contributed by atoms with Crippen molar-refractivity contribution in [2.45, 2.75) is 55.9 Å². The summed E-state index contributed by atoms with van der Waals surface area (Å²) in [5.41, 5.74) is 0.603. The Morgan fingerprint density at radius 2 is 1.65 bits per heavy atom. The van der Waals surface area contributed by atoms with Crippen molar-refractivity contribution in [3.05, 3.63) is 36.4 Å². The van der Waals surface area contributed by atoms with Gasteiger partial charge >= 0.3 is 0 Å². The summed E-state index contributed by atoms with van der Waals surface area (Å²) >= 11 is 0. The second-order valence-electron chi connectivity index (χ2n) is 7.25. The van der Waals surface area contributed by atoms with Gasteiger partial charge in [-0.1, -0.05) is 56.4 Å². The normalized spacial score (nSPS) is 19.9. The molecule has 0 saturated heterocycles. The topological polar surface area (TPSA) is 66.5 Å². The zero-order valence-electron chi connectivity index (χ0n) is 14.8. The number of carbonyl (C=O) groups is 1. The summed E-state index contributed by atoms with van der Waals surface area (Å²) in [6, 6.07) is 10.9. The summed E-state index contributed by atoms with van der Waals surface area (Å²) in [6.45, 7) is -0.160. The highest BCUT2D eigenvalue weighted by molar-refractivity contribution is 7.93. The predicted octanol–water partition coefficient (Wildman–Crippen LogP) is 3.58. The highest BCUT2D eigenvalue weighted by atomic mass is 32.2. The largest absolute Gasteiger partial charge is 0.352 e. The fourth-order valence-corrected chi connectivity index (χ4v) is 5.80. The first-order chi connectivity index (χ1) is 12.6. The number of amides is 1. The third-order valence-electron chi connectivity index (χ3n) is 5.44. The van der Waals surface area contributed by atoms with Crippen LogP contribution < -0.4 is 9.62 Å². The van der Waals surface area contributed by atoms with Crippen molar-refractivity contribution in [2.75, 3.05) is 10.8 Å². The van der Waals surface area contributed by atoms with Crippen molar-refractivity contribution in [3.63, 3.8) is 0 Å². The molecule has 0 bridgehead atoms. The van der Waals surface area contributed by atoms with E-state index in [2.05, 4.69) is 5.32 Å². The first kappa shape index (κ1) is 17.3. The van der Waals surface area contributed by atoms with Crippen LogP contribution in [0.2, 0.25) is 0 Å². The van der Waals surface area contributed by atoms with Gasteiger partial charge in [-0.05, 0) is 30.4 Å². The van der Waals surface area contributed by atoms with Gasteiger partial charge in [-0.3, -0.25) is 9.10 Å². The Hall–Kier alpha value is -2.08. The number of nitrogens with zero attached hydrogens (tertiary/aromatic N) is 1. The molecule has 26 heavy (non-hydrogen) atoms. The molecule has 0 aromatic heterocycles. The van der Waals surface area contributed by atoms with Crippen LogP contribution >= 0.6 is 0 Å². The van der Waals surface area contributed by atoms with Gasteiger partial charge in [0.25, 0.3) is 10.0 Å². The molecule has 2 aliphatic rings. The molecule has 1 saturated carbocycles. The Balaban J connectivity index is 1.55. The number of hydrogen-bond donors (Lipinski definition) is 1. The summed E-state index contributed by atoms with van der Waals surface area (Å²) in [5.74, 6) is -0.219. The molecule has 0 atom stereocenters. The number of carbonyl (C=O) groups excluding carboxylic acids is 1. The molecule has 6 heteroatoms. The molecule has 2 aromatic carbocycles. The first-order valence-electron chi connectivity index (χ1n) is 9.41. The van der Waals surface area contributed by atoms with Crippen molar-refractivity contribution in [3.8, 4) is 0 Å². The number of hydrogen-bond acceptors (Lipinski definition) is 3. The lowest BCUT2D eigenvalue weighted by molar-refractivity contribution is -0.120. The van der Waals surface area contributed by atoms with Gasteiger partial charge in [0.15, 0.2) is 0 Å². The van der Waals surface area contributed by atoms with Gasteiger partial charge in [0.2, 0.25) is 5.91 Å². The molecule has 5 nitrogen and oxygen atoms in total. The van der Waals surface area contributed by atoms with Gasteiger partial charge in [0.1, 0.15) is 6.54 Å². The van der Waals surface area contributed by atoms with E-state index in [1.807, 2.05) is 18.2 Å². The van der Waals surface area contributed by atoms with E-state index in [-0.39, 0.29) is 18.5 Å². The van der Waals surface area contributed by atoms with E-state index < -0.39 is 10.0 Å². The van der Waals surface area contributed by atoms with Crippen LogP contribution in [0.25, 0.3) is 10.8 Å². The van der Waals surface area contributed by atoms with Crippen LogP contribution in [-0.4, -0.2) is 26.9 Å². The first-order valence-corrected chi connectivity index (χ1v) is 10.9. The van der Waals surface area contributed by atoms with Crippen molar-refractivity contribution in [1.82, 2.24) is 5.32 Å². The van der Waals surface area contributed by atoms with Crippen LogP contribution in [0.15, 0.2) is 41.3 Å². The Labute approximate surface area is 154 Å². The average Bonchev–Trinajstić information content (AvgIpc) is 2.81. The van der Waals surface area contributed by atoms with Crippen LogP contribution in [0.3, 0.4) is 0 Å². The van der Waals surface area contributed by atoms with Crippen molar-refractivity contribution >= 4 is 32.4 Å². The number of benzene rings is 2. The fraction of sp³-hybridized carbons (Fsp3) is 0.450. The maximum atomic E-state index is 12.9. The molecular formula is C20H24N2O3S. The van der Waals surface area contributed by atoms with Gasteiger partial charge in [0, 0.05) is 11.4 Å². The highest BCUT2D eigenvalue weighted by Crippen LogP contribution is 2.41. The number of anilines is 1. The number of rotatable bonds is 3. The van der Waals surface area contributed by atoms with E-state index in [9.17, 15) is 13.2 Å². The quantitative estimate of drug-likeness (QED) is 0.895. The number of nitrogens with one attached hydrogen (secondary N) is 1. The zero-order valence-corrected chi connectivity index (χ0v) is 15.6. The molecule has 138 valence electrons. The van der Waals surface area contributed by atoms with Gasteiger partial charge in [0.05, 0.1) is 10.6 Å². The maximum Gasteiger partial charge on any atom is 0.265 e. The monoisotopic (exact) mass is 372 g/mol. The fourth-order valence-electron chi connectivity index (χ4n) is 4.13. The lowest BCUT2D eigenvalue weighted by Crippen LogP contribution is -2.43. The third kappa shape index (κ3) is 3.07. The van der Waals surface area contributed by atoms with Crippen LogP contribution in [0.4, 0.5) is 5.69 Å². The van der Waals surface area contributed by atoms with Gasteiger partial charge in [-0.2, -0.15) is 0 Å². The molecule has 0 radical (unpaired) electrons. The second-order valence-corrected chi connectivity index (χ2v) is 9.08. The molecular weight excluding hydrogens is 348 g/mol. The van der Waals surface area contributed by atoms with E-state index in [0.717, 1.165) is 31.1 Å². The van der Waals surface area contributed by atoms with E-state index in [0.29, 0.717) is 16.0 Å². The summed E-state index contributed by atoms with van der Waals surface area (Å²) in [7, 11) is -3.67. The molecule has 0 unspecified atom stereocenters. The minimum atomic E-state index is -3.67. The van der Waals surface area contributed by atoms with Crippen molar-refractivity contribution in [1.29, 1.82) is 0 Å². The van der Waals surface area contributed by atoms with Gasteiger partial charge in [-0.25, -0.2) is 8.42 Å². The number of sulfonamides is 1. The Kier molecular flexibility index (Phi) is 4.61. The highest BCUT2D eigenvalue weighted by Gasteiger charge is 2.36. The van der Waals surface area contributed by atoms with E-state index in [1.54, 1.807) is 18.2 Å². The van der Waals surface area contributed by atoms with Crippen LogP contribution in [0, 0.1) is 0 Å². The second kappa shape index (κ2) is 6.91. The van der Waals surface area contributed by atoms with E-state index in [4.69, 9.17) is 0 Å². The van der Waals surface area contributed by atoms with Gasteiger partial charge < -0.3 is 5.32 Å². The van der Waals surface area contributed by atoms with Crippen LogP contribution in [0.1, 0.15) is 44.9 Å². The van der Waals surface area contributed by atoms with E-state index >= 15 is 0 Å². The molecule has 1 aliphatic carbocycles. The maximum absolute atomic E-state index is 12.9. The lowest BCUT2D eigenvalue weighted by Gasteiger charge is -2.23. The molecule has 1 fully saturated rings. The SMILES string of the molecule is O=C(CN1c2cccc3cccc(c23)S1(=O)=O)NC1CCCCCCC1. The Morgan fingerprint density at radius 1 is 1.00 bits per heavy atom. The zero-order chi connectivity index (χ0) is 18.1. The average molecular weight is 372 g/mol. The molecule has 4 rings (SSSR count). The smallest absolute Gasteiger partial charge is 0.265 e. The van der Waals surface area contributed by atoms with Crippen molar-refractivity contribution < 1.29 is 13.2 Å². The summed E-state index contributed by atoms with van der Waals surface area (Å²) in [6.07, 6.45) is 7.90. The Morgan fingerprint density at radius 3 is 2.38 bits per heavy atom. The summed E-state index contributed by atoms with van der Waals surface area (Å²) in [4.78, 5) is 12.9. The molecule has 1 aliphatic heterocycles. The van der Waals surface area contributed by atoms with Crippen molar-refractivity contribution in [2.24, 2.45) is 0 Å². The third-order valence-corrected chi connectivity index (χ3v) is 7.24. The Bertz CT molecular complexity index is 926. The summed E-state index contributed by atoms with van der Waals surface area (Å²) in [5, 5.41) is 4.66. The summed E-state index contributed by atoms with van der Waals surface area (Å²) < 4.78 is 27.1. The van der Waals surface area contributed by atoms with E-state index in [1.165, 1.54) is 23.6 Å². The molecule has 0 spiro atoms. The minimum absolute atomic E-state index is 0.159. The lowest BCUT2D eigenvalue weighted by atomic mass is 9.97. The molecule has 1 amide bonds. The standard InChI is InChI=1S/C20H24N2O3S/c23-19(21-16-10-4-2-1-3-5-11-16)14-22-17-12-6-8-15-9-7-13-18(20(15)17)26(22,24)25/h6-9,12-13,16H,1-5,10-11,14H2,(H,21,23). The minimum Gasteiger partial charge on any atom is -0.352 e. The van der Waals surface area contributed by atoms with Crippen LogP contribution in [0.5, 0.6) is 0 Å². The molecule has 1 N–H and O–H groups in total. The van der Waals surface area contributed by atoms with Crippen LogP contribution in [-0.2, 0) is 14.8 Å². The molecule has 1 heterocycles. The predicted molar refractivity (Wildman–Crippen MR) is 103 cm³/mol.